The van der Waals surface area contributed by atoms with Crippen LogP contribution in [0.1, 0.15) is 5.56 Å². The summed E-state index contributed by atoms with van der Waals surface area (Å²) in [5, 5.41) is 0. The van der Waals surface area contributed by atoms with E-state index in [9.17, 15) is 13.2 Å². The van der Waals surface area contributed by atoms with Crippen LogP contribution in [-0.2, 0) is 6.18 Å². The summed E-state index contributed by atoms with van der Waals surface area (Å²) >= 11 is 0. The van der Waals surface area contributed by atoms with Crippen LogP contribution < -0.4 is 4.90 Å². The Bertz CT molecular complexity index is 629. The number of anilines is 1. The van der Waals surface area contributed by atoms with Crippen molar-refractivity contribution in [1.82, 2.24) is 4.90 Å². The van der Waals surface area contributed by atoms with Crippen molar-refractivity contribution in [3.63, 3.8) is 0 Å². The van der Waals surface area contributed by atoms with E-state index in [1.807, 2.05) is 7.05 Å². The monoisotopic (exact) mass is 310 g/mol. The lowest BCUT2D eigenvalue weighted by atomic mass is 10.0. The number of hydrogen-bond acceptors (Lipinski definition) is 3. The lowest BCUT2D eigenvalue weighted by Crippen LogP contribution is -2.44. The molecule has 1 aliphatic rings. The predicted molar refractivity (Wildman–Crippen MR) is 78.9 cm³/mol. The Labute approximate surface area is 126 Å². The summed E-state index contributed by atoms with van der Waals surface area (Å²) in [4.78, 5) is 4.31. The van der Waals surface area contributed by atoms with Crippen molar-refractivity contribution in [2.45, 2.75) is 6.18 Å². The van der Waals surface area contributed by atoms with Crippen LogP contribution in [0.2, 0.25) is 0 Å². The van der Waals surface area contributed by atoms with E-state index in [1.54, 1.807) is 18.2 Å². The summed E-state index contributed by atoms with van der Waals surface area (Å²) in [5.74, 6) is 0.458. The summed E-state index contributed by atoms with van der Waals surface area (Å²) in [5.41, 5.74) is 0.622. The first-order valence-electron chi connectivity index (χ1n) is 7.14. The highest BCUT2D eigenvalue weighted by atomic mass is 19.4. The normalized spacial score (nSPS) is 17.0. The van der Waals surface area contributed by atoms with Gasteiger partial charge in [-0.15, -0.1) is 0 Å². The maximum atomic E-state index is 13.0. The molecule has 1 fully saturated rings. The standard InChI is InChI=1S/C16H17F3N2O/c1-20-6-8-21(9-7-20)14-5-4-12(16(17,18)19)11-13(14)15-3-2-10-22-15/h2-5,10-11H,6-9H2,1H3. The van der Waals surface area contributed by atoms with Crippen molar-refractivity contribution in [1.29, 1.82) is 0 Å². The summed E-state index contributed by atoms with van der Waals surface area (Å²) in [6, 6.07) is 7.23. The Kier molecular flexibility index (Phi) is 3.87. The molecule has 0 spiro atoms. The van der Waals surface area contributed by atoms with Crippen molar-refractivity contribution in [2.75, 3.05) is 38.1 Å². The van der Waals surface area contributed by atoms with Crippen LogP contribution in [0.15, 0.2) is 41.0 Å². The van der Waals surface area contributed by atoms with Gasteiger partial charge in [-0.3, -0.25) is 0 Å². The fourth-order valence-corrected chi connectivity index (χ4v) is 2.66. The number of piperazine rings is 1. The average molecular weight is 310 g/mol. The third kappa shape index (κ3) is 2.97. The van der Waals surface area contributed by atoms with Crippen molar-refractivity contribution >= 4 is 5.69 Å². The van der Waals surface area contributed by atoms with Gasteiger partial charge in [0.25, 0.3) is 0 Å². The first-order chi connectivity index (χ1) is 10.4. The molecule has 0 amide bonds. The van der Waals surface area contributed by atoms with Crippen LogP contribution >= 0.6 is 0 Å². The van der Waals surface area contributed by atoms with E-state index in [0.29, 0.717) is 11.3 Å². The minimum absolute atomic E-state index is 0.458. The molecule has 0 radical (unpaired) electrons. The van der Waals surface area contributed by atoms with E-state index >= 15 is 0 Å². The zero-order valence-corrected chi connectivity index (χ0v) is 12.2. The Morgan fingerprint density at radius 2 is 1.77 bits per heavy atom. The number of alkyl halides is 3. The highest BCUT2D eigenvalue weighted by Gasteiger charge is 2.32. The van der Waals surface area contributed by atoms with Gasteiger partial charge in [0, 0.05) is 37.4 Å². The van der Waals surface area contributed by atoms with Crippen LogP contribution in [0.3, 0.4) is 0 Å². The molecule has 0 aliphatic carbocycles. The van der Waals surface area contributed by atoms with Gasteiger partial charge in [-0.2, -0.15) is 13.2 Å². The van der Waals surface area contributed by atoms with E-state index in [0.717, 1.165) is 37.9 Å². The summed E-state index contributed by atoms with van der Waals surface area (Å²) in [7, 11) is 2.04. The van der Waals surface area contributed by atoms with Gasteiger partial charge in [0.15, 0.2) is 0 Å². The minimum atomic E-state index is -4.36. The molecule has 2 heterocycles. The molecule has 1 aromatic carbocycles. The van der Waals surface area contributed by atoms with Crippen molar-refractivity contribution in [2.24, 2.45) is 0 Å². The SMILES string of the molecule is CN1CCN(c2ccc(C(F)(F)F)cc2-c2ccco2)CC1. The molecule has 3 nitrogen and oxygen atoms in total. The Balaban J connectivity index is 2.02. The van der Waals surface area contributed by atoms with E-state index in [2.05, 4.69) is 9.80 Å². The summed E-state index contributed by atoms with van der Waals surface area (Å²) in [6.07, 6.45) is -2.88. The molecule has 1 aliphatic heterocycles. The molecule has 3 rings (SSSR count). The molecule has 6 heteroatoms. The maximum absolute atomic E-state index is 13.0. The molecule has 0 atom stereocenters. The molecule has 0 bridgehead atoms. The molecule has 0 saturated carbocycles. The molecular weight excluding hydrogens is 293 g/mol. The number of furan rings is 1. The predicted octanol–water partition coefficient (Wildman–Crippen LogP) is 3.72. The van der Waals surface area contributed by atoms with E-state index < -0.39 is 11.7 Å². The lowest BCUT2D eigenvalue weighted by Gasteiger charge is -2.35. The topological polar surface area (TPSA) is 19.6 Å². The Morgan fingerprint density at radius 1 is 1.05 bits per heavy atom. The number of nitrogens with zero attached hydrogens (tertiary/aromatic N) is 2. The smallest absolute Gasteiger partial charge is 0.416 e. The molecule has 22 heavy (non-hydrogen) atoms. The number of likely N-dealkylation sites (N-methyl/N-ethyl adjacent to an activating group) is 1. The number of rotatable bonds is 2. The molecule has 0 unspecified atom stereocenters. The molecule has 2 aromatic rings. The lowest BCUT2D eigenvalue weighted by molar-refractivity contribution is -0.137. The molecular formula is C16H17F3N2O. The van der Waals surface area contributed by atoms with Gasteiger partial charge in [0.2, 0.25) is 0 Å². The Morgan fingerprint density at radius 3 is 2.36 bits per heavy atom. The molecule has 0 N–H and O–H groups in total. The van der Waals surface area contributed by atoms with Gasteiger partial charge < -0.3 is 14.2 Å². The van der Waals surface area contributed by atoms with Gasteiger partial charge in [0.1, 0.15) is 5.76 Å². The van der Waals surface area contributed by atoms with Crippen LogP contribution in [-0.4, -0.2) is 38.1 Å². The van der Waals surface area contributed by atoms with E-state index in [4.69, 9.17) is 4.42 Å². The highest BCUT2D eigenvalue weighted by molar-refractivity contribution is 5.76. The second kappa shape index (κ2) is 5.68. The number of halogens is 3. The van der Waals surface area contributed by atoms with Gasteiger partial charge in [0.05, 0.1) is 11.8 Å². The number of hydrogen-bond donors (Lipinski definition) is 0. The van der Waals surface area contributed by atoms with E-state index in [1.165, 1.54) is 12.3 Å². The largest absolute Gasteiger partial charge is 0.464 e. The zero-order valence-electron chi connectivity index (χ0n) is 12.2. The van der Waals surface area contributed by atoms with Crippen LogP contribution in [0, 0.1) is 0 Å². The summed E-state index contributed by atoms with van der Waals surface area (Å²) in [6.45, 7) is 3.35. The first-order valence-corrected chi connectivity index (χ1v) is 7.14. The van der Waals surface area contributed by atoms with Gasteiger partial charge in [-0.25, -0.2) is 0 Å². The third-order valence-electron chi connectivity index (χ3n) is 3.95. The third-order valence-corrected chi connectivity index (χ3v) is 3.95. The quantitative estimate of drug-likeness (QED) is 0.843. The van der Waals surface area contributed by atoms with Crippen molar-refractivity contribution < 1.29 is 17.6 Å². The van der Waals surface area contributed by atoms with Gasteiger partial charge >= 0.3 is 6.18 Å². The van der Waals surface area contributed by atoms with Crippen LogP contribution in [0.4, 0.5) is 18.9 Å². The van der Waals surface area contributed by atoms with Crippen molar-refractivity contribution in [3.8, 4) is 11.3 Å². The number of benzene rings is 1. The van der Waals surface area contributed by atoms with E-state index in [-0.39, 0.29) is 0 Å². The van der Waals surface area contributed by atoms with Crippen LogP contribution in [0.25, 0.3) is 11.3 Å². The molecule has 1 saturated heterocycles. The second-order valence-electron chi connectivity index (χ2n) is 5.50. The average Bonchev–Trinajstić information content (AvgIpc) is 3.01. The second-order valence-corrected chi connectivity index (χ2v) is 5.50. The summed E-state index contributed by atoms with van der Waals surface area (Å²) < 4.78 is 44.3. The molecule has 118 valence electrons. The highest BCUT2D eigenvalue weighted by Crippen LogP contribution is 2.38. The fraction of sp³-hybridized carbons (Fsp3) is 0.375. The van der Waals surface area contributed by atoms with Crippen molar-refractivity contribution in [3.05, 3.63) is 42.2 Å². The van der Waals surface area contributed by atoms with Gasteiger partial charge in [-0.05, 0) is 37.4 Å². The Hall–Kier alpha value is -1.95. The maximum Gasteiger partial charge on any atom is 0.416 e. The molecule has 1 aromatic heterocycles. The zero-order chi connectivity index (χ0) is 15.7. The van der Waals surface area contributed by atoms with Gasteiger partial charge in [-0.1, -0.05) is 0 Å². The minimum Gasteiger partial charge on any atom is -0.464 e. The van der Waals surface area contributed by atoms with Crippen LogP contribution in [0.5, 0.6) is 0 Å². The first kappa shape index (κ1) is 15.0. The fourth-order valence-electron chi connectivity index (χ4n) is 2.66.